The predicted molar refractivity (Wildman–Crippen MR) is 392 cm³/mol. The van der Waals surface area contributed by atoms with Crippen molar-refractivity contribution in [3.63, 3.8) is 0 Å². The fourth-order valence-corrected chi connectivity index (χ4v) is 9.15. The number of morpholine rings is 3. The van der Waals surface area contributed by atoms with Gasteiger partial charge in [0.15, 0.2) is 28.1 Å². The molecule has 3 saturated heterocycles. The van der Waals surface area contributed by atoms with E-state index in [1.54, 1.807) is 48.4 Å². The van der Waals surface area contributed by atoms with Crippen LogP contribution >= 0.6 is 46.4 Å². The molecule has 0 spiro atoms. The van der Waals surface area contributed by atoms with Gasteiger partial charge in [-0.25, -0.2) is 25.0 Å². The summed E-state index contributed by atoms with van der Waals surface area (Å²) >= 11 is 21.2. The minimum atomic E-state index is -0.571. The zero-order chi connectivity index (χ0) is 81.8. The first kappa shape index (κ1) is 96.5. The van der Waals surface area contributed by atoms with Crippen molar-refractivity contribution < 1.29 is 227 Å². The number of fused-ring (bicyclic) bond motifs is 2. The standard InChI is InChI=1S/C18H17N9O3.C11H8ClN5O.C8H10ClN3O4.C7H8N4O4.C7H10N4O2.C4H6Cl2O2.C3H4N4O2.CH2O3.2Cs.H2.H/c1-29-14-4-2-13(3-5-14)27-17-15(23-24-27)9-19-18(22-17)21-12-8-20-26(10-12)25-6-7-30-11-16(25)28;1-18-8-4-2-7(3-5-8)17-10-9(15-16-17)6-13-11(12)14-10;9-1-2-16-6-8(13)5-11-4-7(3-10-11)12(14)15;12-7-5-15-2-1-9(7)10-4-6(3-8-10)11(13)14;8-6-3-9-11(4-6)10-1-2-13-5-7(10)12;5-1-2-8-3-4(6)7;4-6-2-3(1-5-6)7(8)9;2-1-4-3;;;;/h2-5,8-10H,6-7,11H2,1H3,(H,19,21,22);2-6H,1H3;3-4H,1-2,5-6H2;3-4H,1-2,5H2;3-4H,1-2,5,8H2;1-3H2;1-2H,4H2;1,3H;;;1H;/q;;;;;;;;2*+1;;-1/p-1. The van der Waals surface area contributed by atoms with Gasteiger partial charge < -0.3 is 61.6 Å². The zero-order valence-corrected chi connectivity index (χ0v) is 76.4. The largest absolute Gasteiger partial charge is 1.00 e. The molecule has 0 bridgehead atoms. The van der Waals surface area contributed by atoms with Crippen LogP contribution in [0.3, 0.4) is 0 Å². The number of nitrogens with zero attached hydrogens (tertiary/aromatic N) is 26. The van der Waals surface area contributed by atoms with Gasteiger partial charge in [-0.2, -0.15) is 64.0 Å². The number of hydrogen-bond acceptors (Lipinski definition) is 37. The molecule has 3 aliphatic heterocycles. The molecule has 9 aromatic heterocycles. The van der Waals surface area contributed by atoms with Crippen LogP contribution in [0.5, 0.6) is 11.5 Å². The molecule has 0 saturated carbocycles. The topological polar surface area (TPSA) is 605 Å². The van der Waals surface area contributed by atoms with Crippen molar-refractivity contribution in [2.75, 3.05) is 144 Å². The number of ether oxygens (including phenoxy) is 7. The Bertz CT molecular complexity index is 4950. The molecule has 14 rings (SSSR count). The molecule has 0 radical (unpaired) electrons. The summed E-state index contributed by atoms with van der Waals surface area (Å²) in [6, 6.07) is 14.8. The van der Waals surface area contributed by atoms with E-state index >= 15 is 0 Å². The van der Waals surface area contributed by atoms with Gasteiger partial charge in [0.25, 0.3) is 24.2 Å². The van der Waals surface area contributed by atoms with Crippen LogP contribution in [0.4, 0.5) is 34.4 Å². The molecule has 604 valence electrons. The van der Waals surface area contributed by atoms with E-state index in [4.69, 9.17) is 96.5 Å². The fourth-order valence-electron chi connectivity index (χ4n) is 8.72. The molecule has 56 heteroatoms. The van der Waals surface area contributed by atoms with Gasteiger partial charge in [-0.1, -0.05) is 10.4 Å². The van der Waals surface area contributed by atoms with Crippen molar-refractivity contribution in [3.8, 4) is 22.9 Å². The van der Waals surface area contributed by atoms with Crippen LogP contribution in [0.1, 0.15) is 2.85 Å². The number of nitrogen functional groups attached to an aromatic ring is 2. The van der Waals surface area contributed by atoms with Crippen molar-refractivity contribution in [2.45, 2.75) is 6.54 Å². The van der Waals surface area contributed by atoms with Gasteiger partial charge in [-0.15, -0.1) is 33.4 Å². The molecule has 3 aliphatic rings. The summed E-state index contributed by atoms with van der Waals surface area (Å²) in [5.41, 5.74) is 10.2. The number of rotatable bonds is 23. The van der Waals surface area contributed by atoms with E-state index in [-0.39, 0.29) is 233 Å². The minimum absolute atomic E-state index is 0. The quantitative estimate of drug-likeness (QED) is 0.00620. The van der Waals surface area contributed by atoms with Gasteiger partial charge in [0.1, 0.15) is 88.3 Å². The Kier molecular flexibility index (Phi) is 42.8. The molecule has 2 aromatic carbocycles. The number of aromatic nitrogens is 20. The Morgan fingerprint density at radius 1 is 0.617 bits per heavy atom. The van der Waals surface area contributed by atoms with Gasteiger partial charge >= 0.3 is 155 Å². The van der Waals surface area contributed by atoms with E-state index in [1.165, 1.54) is 58.9 Å². The van der Waals surface area contributed by atoms with Crippen molar-refractivity contribution in [2.24, 2.45) is 0 Å². The average molecular weight is 1930 g/mol. The Balaban J connectivity index is 0.000000362. The second kappa shape index (κ2) is 51.1. The average Bonchev–Trinajstić information content (AvgIpc) is 1.63. The maximum atomic E-state index is 12.0. The number of nitrogens with one attached hydrogen (secondary N) is 1. The molecule has 3 amide bonds. The third-order valence-electron chi connectivity index (χ3n) is 13.7. The van der Waals surface area contributed by atoms with Crippen molar-refractivity contribution >= 4 is 138 Å². The fraction of sp³-hybridized carbons (Fsp3) is 0.305. The number of halogens is 4. The number of anilines is 3. The van der Waals surface area contributed by atoms with E-state index < -0.39 is 20.0 Å². The van der Waals surface area contributed by atoms with Crippen LogP contribution < -0.4 is 184 Å². The Morgan fingerprint density at radius 3 is 1.49 bits per heavy atom. The van der Waals surface area contributed by atoms with E-state index in [9.17, 15) is 54.3 Å². The molecule has 0 unspecified atom stereocenters. The predicted octanol–water partition coefficient (Wildman–Crippen LogP) is -5.30. The number of nitrogens with two attached hydrogens (primary N) is 2. The van der Waals surface area contributed by atoms with Gasteiger partial charge in [-0.05, 0) is 71.7 Å². The number of Topliss-reactive ketones (excluding diaryl/α,β-unsaturated/α-hetero) is 1. The molecule has 5 N–H and O–H groups in total. The van der Waals surface area contributed by atoms with Crippen molar-refractivity contribution in [1.29, 1.82) is 0 Å². The first-order valence-electron chi connectivity index (χ1n) is 31.8. The number of alkyl halides is 2. The number of carbonyl (C=O) groups is 6. The van der Waals surface area contributed by atoms with Gasteiger partial charge in [0.2, 0.25) is 16.5 Å². The van der Waals surface area contributed by atoms with Crippen LogP contribution in [-0.4, -0.2) is 261 Å². The zero-order valence-electron chi connectivity index (χ0n) is 61.8. The Hall–Kier alpha value is -9.11. The smallest absolute Gasteiger partial charge is 1.00 e. The Labute approximate surface area is 786 Å². The van der Waals surface area contributed by atoms with E-state index in [0.717, 1.165) is 52.5 Å². The molecule has 3 fully saturated rings. The maximum absolute atomic E-state index is 12.0. The maximum Gasteiger partial charge on any atom is 1.00 e. The monoisotopic (exact) mass is 1920 g/mol. The van der Waals surface area contributed by atoms with E-state index in [1.807, 2.05) is 48.5 Å². The first-order valence-corrected chi connectivity index (χ1v) is 33.7. The summed E-state index contributed by atoms with van der Waals surface area (Å²) < 4.78 is 39.3. The SMILES string of the molecule is COc1ccc(-n2nnc3cnc(Cl)nc32)cc1.COc1ccc(-n2nnc3cnc(Nc4cnn(N5CCOCC5=O)c4)nc32)cc1.Nc1cnn(N2CCOCC2=O)c1.Nn1cc([N+](=O)[O-])cn1.O=C(COCCCl)Cn1cc([N+](=O)[O-])cn1.O=C(Cl)COCCCl.O=C1COCCN1n1cc([N+](=O)[O-])cn1.O=CO[O-].[Cs+].[Cs+].[H-].[HH]. The molecular weight excluding hydrogens is 1860 g/mol. The van der Waals surface area contributed by atoms with Crippen LogP contribution in [0, 0.1) is 30.3 Å². The first-order chi connectivity index (χ1) is 54.4. The van der Waals surface area contributed by atoms with E-state index in [0.29, 0.717) is 104 Å². The molecule has 0 atom stereocenters. The van der Waals surface area contributed by atoms with E-state index in [2.05, 4.69) is 81.0 Å². The normalized spacial score (nSPS) is 12.6. The molecule has 50 nitrogen and oxygen atoms in total. The van der Waals surface area contributed by atoms with Crippen molar-refractivity contribution in [1.82, 2.24) is 99.3 Å². The summed E-state index contributed by atoms with van der Waals surface area (Å²) in [5, 5.41) is 81.4. The third-order valence-corrected chi connectivity index (χ3v) is 14.3. The molecule has 12 heterocycles. The third kappa shape index (κ3) is 31.5. The number of nitro groups is 3. The summed E-state index contributed by atoms with van der Waals surface area (Å²) in [6.45, 7) is 3.17. The van der Waals surface area contributed by atoms with Gasteiger partial charge in [-0.3, -0.25) is 63.8 Å². The summed E-state index contributed by atoms with van der Waals surface area (Å²) in [4.78, 5) is 118. The van der Waals surface area contributed by atoms with Gasteiger partial charge in [0.05, 0.1) is 142 Å². The molecule has 11 aromatic rings. The Morgan fingerprint density at radius 2 is 1.06 bits per heavy atom. The number of amides is 3. The van der Waals surface area contributed by atoms with Crippen LogP contribution in [0.15, 0.2) is 123 Å². The summed E-state index contributed by atoms with van der Waals surface area (Å²) in [6.07, 6.45) is 16.3. The van der Waals surface area contributed by atoms with Crippen LogP contribution in [0.2, 0.25) is 5.28 Å². The number of methoxy groups -OCH3 is 2. The number of carbonyl (C=O) groups excluding carboxylic acids is 6. The second-order valence-electron chi connectivity index (χ2n) is 21.4. The number of hydrogen-bond donors (Lipinski definition) is 3. The minimum Gasteiger partial charge on any atom is -1.00 e. The summed E-state index contributed by atoms with van der Waals surface area (Å²) in [7, 11) is 3.23. The molecule has 0 aliphatic carbocycles. The molecular formula is C59H67Cl4Cs2N29O21. The van der Waals surface area contributed by atoms with Crippen LogP contribution in [-0.2, 0) is 63.9 Å². The van der Waals surface area contributed by atoms with Gasteiger partial charge in [0, 0.05) is 13.2 Å². The summed E-state index contributed by atoms with van der Waals surface area (Å²) in [5.74, 6) is 6.87. The van der Waals surface area contributed by atoms with Crippen molar-refractivity contribution in [3.05, 3.63) is 159 Å². The number of benzene rings is 2. The number of ketones is 1. The molecule has 115 heavy (non-hydrogen) atoms. The van der Waals surface area contributed by atoms with Crippen LogP contribution in [0.25, 0.3) is 33.7 Å². The second-order valence-corrected chi connectivity index (χ2v) is 22.9.